The summed E-state index contributed by atoms with van der Waals surface area (Å²) in [7, 11) is 0. The maximum absolute atomic E-state index is 6.07. The Morgan fingerprint density at radius 1 is 1.55 bits per heavy atom. The lowest BCUT2D eigenvalue weighted by Gasteiger charge is -2.35. The molecular weight excluding hydrogens is 294 g/mol. The number of aromatic nitrogens is 1. The number of hydrogen-bond acceptors (Lipinski definition) is 5. The number of aryl methyl sites for hydroxylation is 1. The van der Waals surface area contributed by atoms with Gasteiger partial charge < -0.3 is 15.4 Å². The van der Waals surface area contributed by atoms with Crippen LogP contribution in [0.5, 0.6) is 5.75 Å². The first-order valence-electron chi connectivity index (χ1n) is 7.52. The Bertz CT molecular complexity index is 695. The lowest BCUT2D eigenvalue weighted by atomic mass is 10.1. The summed E-state index contributed by atoms with van der Waals surface area (Å²) < 4.78 is 6.07. The molecule has 1 unspecified atom stereocenters. The summed E-state index contributed by atoms with van der Waals surface area (Å²) in [6.45, 7) is 9.77. The second-order valence-corrected chi connectivity index (χ2v) is 6.72. The van der Waals surface area contributed by atoms with E-state index in [1.807, 2.05) is 19.1 Å². The van der Waals surface area contributed by atoms with Crippen molar-refractivity contribution in [3.63, 3.8) is 0 Å². The molecule has 0 fully saturated rings. The third-order valence-electron chi connectivity index (χ3n) is 3.91. The predicted octanol–water partition coefficient (Wildman–Crippen LogP) is 3.86. The lowest BCUT2D eigenvalue weighted by molar-refractivity contribution is 0.190. The first-order chi connectivity index (χ1) is 10.6. The molecule has 1 atom stereocenters. The second kappa shape index (κ2) is 6.01. The van der Waals surface area contributed by atoms with Gasteiger partial charge in [-0.15, -0.1) is 17.9 Å². The number of thiazole rings is 1. The summed E-state index contributed by atoms with van der Waals surface area (Å²) in [5, 5.41) is 0.607. The highest BCUT2D eigenvalue weighted by atomic mass is 32.1. The maximum Gasteiger partial charge on any atom is 0.180 e. The van der Waals surface area contributed by atoms with Gasteiger partial charge in [-0.2, -0.15) is 0 Å². The van der Waals surface area contributed by atoms with Crippen LogP contribution in [0.15, 0.2) is 30.9 Å². The lowest BCUT2D eigenvalue weighted by Crippen LogP contribution is -2.39. The number of fused-ring (bicyclic) bond motifs is 1. The number of benzene rings is 1. The summed E-state index contributed by atoms with van der Waals surface area (Å²) in [4.78, 5) is 7.90. The van der Waals surface area contributed by atoms with E-state index in [0.717, 1.165) is 47.1 Å². The van der Waals surface area contributed by atoms with Crippen molar-refractivity contribution in [2.45, 2.75) is 26.4 Å². The van der Waals surface area contributed by atoms with Crippen molar-refractivity contribution in [2.75, 3.05) is 23.7 Å². The Balaban J connectivity index is 2.03. The molecule has 2 heterocycles. The molecule has 1 aromatic heterocycles. The van der Waals surface area contributed by atoms with Crippen LogP contribution in [0, 0.1) is 6.92 Å². The van der Waals surface area contributed by atoms with Crippen LogP contribution in [0.3, 0.4) is 0 Å². The number of ether oxygens (including phenoxy) is 1. The first-order valence-corrected chi connectivity index (χ1v) is 8.33. The molecule has 1 aliphatic rings. The van der Waals surface area contributed by atoms with E-state index in [-0.39, 0.29) is 6.10 Å². The van der Waals surface area contributed by atoms with Crippen LogP contribution in [0.25, 0.3) is 11.3 Å². The molecule has 0 bridgehead atoms. The monoisotopic (exact) mass is 315 g/mol. The van der Waals surface area contributed by atoms with E-state index < -0.39 is 0 Å². The van der Waals surface area contributed by atoms with Crippen LogP contribution in [-0.4, -0.2) is 24.2 Å². The van der Waals surface area contributed by atoms with Crippen molar-refractivity contribution in [1.29, 1.82) is 0 Å². The molecule has 5 heteroatoms. The third-order valence-corrected chi connectivity index (χ3v) is 4.71. The van der Waals surface area contributed by atoms with E-state index in [4.69, 9.17) is 10.5 Å². The molecule has 2 N–H and O–H groups in total. The summed E-state index contributed by atoms with van der Waals surface area (Å²) in [6.07, 6.45) is 3.16. The third kappa shape index (κ3) is 2.68. The Labute approximate surface area is 135 Å². The molecule has 0 saturated heterocycles. The smallest absolute Gasteiger partial charge is 0.180 e. The van der Waals surface area contributed by atoms with Gasteiger partial charge in [0.2, 0.25) is 0 Å². The van der Waals surface area contributed by atoms with Gasteiger partial charge in [-0.1, -0.05) is 13.0 Å². The van der Waals surface area contributed by atoms with E-state index >= 15 is 0 Å². The van der Waals surface area contributed by atoms with Gasteiger partial charge in [0.05, 0.1) is 17.9 Å². The number of rotatable bonds is 4. The van der Waals surface area contributed by atoms with Crippen LogP contribution < -0.4 is 15.4 Å². The summed E-state index contributed by atoms with van der Waals surface area (Å²) in [5.41, 5.74) is 8.97. The highest BCUT2D eigenvalue weighted by molar-refractivity contribution is 7.15. The molecule has 3 rings (SSSR count). The number of nitrogens with two attached hydrogens (primary N) is 1. The molecule has 4 nitrogen and oxygen atoms in total. The van der Waals surface area contributed by atoms with Crippen LogP contribution >= 0.6 is 11.3 Å². The molecule has 116 valence electrons. The molecule has 0 radical (unpaired) electrons. The quantitative estimate of drug-likeness (QED) is 0.870. The van der Waals surface area contributed by atoms with Crippen LogP contribution in [0.4, 0.5) is 10.8 Å². The Hall–Kier alpha value is -2.01. The van der Waals surface area contributed by atoms with Crippen molar-refractivity contribution in [2.24, 2.45) is 0 Å². The summed E-state index contributed by atoms with van der Waals surface area (Å²) >= 11 is 1.52. The first kappa shape index (κ1) is 14.9. The molecule has 0 aliphatic carbocycles. The van der Waals surface area contributed by atoms with Crippen molar-refractivity contribution >= 4 is 22.2 Å². The predicted molar refractivity (Wildman–Crippen MR) is 93.8 cm³/mol. The number of anilines is 2. The molecular formula is C17H21N3OS. The van der Waals surface area contributed by atoms with Crippen LogP contribution in [0.1, 0.15) is 18.2 Å². The van der Waals surface area contributed by atoms with E-state index in [2.05, 4.69) is 35.5 Å². The SMILES string of the molecule is C=CCN1CC(CC)Oc2ccc(-c3nc(N)sc3C)cc21. The summed E-state index contributed by atoms with van der Waals surface area (Å²) in [6, 6.07) is 6.24. The van der Waals surface area contributed by atoms with Crippen LogP contribution in [-0.2, 0) is 0 Å². The highest BCUT2D eigenvalue weighted by Crippen LogP contribution is 2.39. The van der Waals surface area contributed by atoms with E-state index in [1.54, 1.807) is 0 Å². The van der Waals surface area contributed by atoms with Crippen molar-refractivity contribution in [3.05, 3.63) is 35.7 Å². The Morgan fingerprint density at radius 3 is 3.00 bits per heavy atom. The van der Waals surface area contributed by atoms with Gasteiger partial charge in [0.15, 0.2) is 5.13 Å². The fraction of sp³-hybridized carbons (Fsp3) is 0.353. The molecule has 0 spiro atoms. The van der Waals surface area contributed by atoms with Gasteiger partial charge in [0.1, 0.15) is 11.9 Å². The van der Waals surface area contributed by atoms with Gasteiger partial charge in [-0.25, -0.2) is 4.98 Å². The minimum atomic E-state index is 0.231. The van der Waals surface area contributed by atoms with E-state index in [0.29, 0.717) is 5.13 Å². The summed E-state index contributed by atoms with van der Waals surface area (Å²) in [5.74, 6) is 0.935. The largest absolute Gasteiger partial charge is 0.486 e. The van der Waals surface area contributed by atoms with Gasteiger partial charge in [-0.05, 0) is 31.5 Å². The normalized spacial score (nSPS) is 17.0. The fourth-order valence-corrected chi connectivity index (χ4v) is 3.51. The maximum atomic E-state index is 6.07. The number of nitrogens with zero attached hydrogens (tertiary/aromatic N) is 2. The molecule has 1 aromatic carbocycles. The minimum absolute atomic E-state index is 0.231. The average molecular weight is 315 g/mol. The molecule has 22 heavy (non-hydrogen) atoms. The van der Waals surface area contributed by atoms with Crippen LogP contribution in [0.2, 0.25) is 0 Å². The molecule has 0 amide bonds. The van der Waals surface area contributed by atoms with E-state index in [9.17, 15) is 0 Å². The minimum Gasteiger partial charge on any atom is -0.486 e. The Morgan fingerprint density at radius 2 is 2.36 bits per heavy atom. The molecule has 0 saturated carbocycles. The standard InChI is InChI=1S/C17H21N3OS/c1-4-8-20-10-13(5-2)21-15-7-6-12(9-14(15)20)16-11(3)22-17(18)19-16/h4,6-7,9,13H,1,5,8,10H2,2-3H3,(H2,18,19). The van der Waals surface area contributed by atoms with Crippen molar-refractivity contribution in [1.82, 2.24) is 4.98 Å². The second-order valence-electron chi connectivity index (χ2n) is 5.48. The fourth-order valence-electron chi connectivity index (χ4n) is 2.80. The van der Waals surface area contributed by atoms with Crippen molar-refractivity contribution in [3.8, 4) is 17.0 Å². The number of nitrogen functional groups attached to an aromatic ring is 1. The highest BCUT2D eigenvalue weighted by Gasteiger charge is 2.24. The number of hydrogen-bond donors (Lipinski definition) is 1. The molecule has 2 aromatic rings. The molecule has 1 aliphatic heterocycles. The van der Waals surface area contributed by atoms with Gasteiger partial charge in [0, 0.05) is 17.0 Å². The Kier molecular flexibility index (Phi) is 4.07. The van der Waals surface area contributed by atoms with E-state index in [1.165, 1.54) is 11.3 Å². The van der Waals surface area contributed by atoms with Gasteiger partial charge in [-0.3, -0.25) is 0 Å². The van der Waals surface area contributed by atoms with Gasteiger partial charge >= 0.3 is 0 Å². The topological polar surface area (TPSA) is 51.4 Å². The zero-order chi connectivity index (χ0) is 15.7. The zero-order valence-electron chi connectivity index (χ0n) is 13.0. The van der Waals surface area contributed by atoms with Gasteiger partial charge in [0.25, 0.3) is 0 Å². The average Bonchev–Trinajstić information content (AvgIpc) is 2.85. The van der Waals surface area contributed by atoms with Crippen molar-refractivity contribution < 1.29 is 4.74 Å². The zero-order valence-corrected chi connectivity index (χ0v) is 13.8.